The van der Waals surface area contributed by atoms with Gasteiger partial charge in [-0.05, 0) is 57.7 Å². The molecule has 2 heterocycles. The molecule has 2 aliphatic heterocycles. The van der Waals surface area contributed by atoms with Gasteiger partial charge in [0.15, 0.2) is 5.96 Å². The van der Waals surface area contributed by atoms with Crippen LogP contribution < -0.4 is 5.73 Å². The predicted octanol–water partition coefficient (Wildman–Crippen LogP) is 2.68. The van der Waals surface area contributed by atoms with Crippen LogP contribution in [-0.4, -0.2) is 77.5 Å². The second-order valence-corrected chi connectivity index (χ2v) is 9.18. The fourth-order valence-corrected chi connectivity index (χ4v) is 3.75. The standard InChI is InChI=1S/C23H35N5O3/c1-23(2,3)31-22(30)28-15-13-27(14-16-28)21(24)25-17-18-7-9-19(10-8-18)20(29)26-11-5-4-6-12-26/h7-10H,4-6,11-17H2,1-3H3,(H2,24,25). The van der Waals surface area contributed by atoms with Crippen LogP contribution in [-0.2, 0) is 11.3 Å². The van der Waals surface area contributed by atoms with Gasteiger partial charge in [-0.3, -0.25) is 4.79 Å². The van der Waals surface area contributed by atoms with Crippen molar-refractivity contribution in [1.82, 2.24) is 14.7 Å². The fraction of sp³-hybridized carbons (Fsp3) is 0.609. The lowest BCUT2D eigenvalue weighted by atomic mass is 10.1. The Labute approximate surface area is 185 Å². The lowest BCUT2D eigenvalue weighted by molar-refractivity contribution is 0.0186. The summed E-state index contributed by atoms with van der Waals surface area (Å²) in [5.41, 5.74) is 7.41. The van der Waals surface area contributed by atoms with E-state index in [4.69, 9.17) is 10.5 Å². The van der Waals surface area contributed by atoms with Crippen LogP contribution in [0.5, 0.6) is 0 Å². The van der Waals surface area contributed by atoms with Crippen LogP contribution >= 0.6 is 0 Å². The number of carbonyl (C=O) groups is 2. The molecule has 2 amide bonds. The van der Waals surface area contributed by atoms with Gasteiger partial charge in [0.2, 0.25) is 0 Å². The molecule has 0 radical (unpaired) electrons. The average Bonchev–Trinajstić information content (AvgIpc) is 2.77. The Hall–Kier alpha value is -2.77. The minimum Gasteiger partial charge on any atom is -0.444 e. The van der Waals surface area contributed by atoms with E-state index in [9.17, 15) is 9.59 Å². The topological polar surface area (TPSA) is 91.5 Å². The van der Waals surface area contributed by atoms with E-state index < -0.39 is 5.60 Å². The van der Waals surface area contributed by atoms with Crippen LogP contribution in [0.15, 0.2) is 29.3 Å². The van der Waals surface area contributed by atoms with Gasteiger partial charge in [-0.25, -0.2) is 9.79 Å². The first-order valence-corrected chi connectivity index (χ1v) is 11.1. The summed E-state index contributed by atoms with van der Waals surface area (Å²) < 4.78 is 5.42. The lowest BCUT2D eigenvalue weighted by Gasteiger charge is -2.36. The summed E-state index contributed by atoms with van der Waals surface area (Å²) >= 11 is 0. The summed E-state index contributed by atoms with van der Waals surface area (Å²) in [5, 5.41) is 0. The Kier molecular flexibility index (Phi) is 7.41. The summed E-state index contributed by atoms with van der Waals surface area (Å²) in [5.74, 6) is 0.578. The van der Waals surface area contributed by atoms with Crippen molar-refractivity contribution in [1.29, 1.82) is 0 Å². The molecule has 8 heteroatoms. The maximum Gasteiger partial charge on any atom is 0.410 e. The number of piperidine rings is 1. The quantitative estimate of drug-likeness (QED) is 0.589. The third kappa shape index (κ3) is 6.60. The summed E-state index contributed by atoms with van der Waals surface area (Å²) in [4.78, 5) is 34.9. The van der Waals surface area contributed by atoms with E-state index in [1.165, 1.54) is 6.42 Å². The zero-order valence-electron chi connectivity index (χ0n) is 19.0. The molecule has 0 atom stereocenters. The molecule has 170 valence electrons. The second kappa shape index (κ2) is 10.0. The van der Waals surface area contributed by atoms with Crippen molar-refractivity contribution in [2.75, 3.05) is 39.3 Å². The minimum atomic E-state index is -0.497. The van der Waals surface area contributed by atoms with Gasteiger partial charge < -0.3 is 25.2 Å². The van der Waals surface area contributed by atoms with Crippen molar-refractivity contribution in [3.63, 3.8) is 0 Å². The van der Waals surface area contributed by atoms with Gasteiger partial charge in [0.1, 0.15) is 5.60 Å². The number of nitrogens with zero attached hydrogens (tertiary/aromatic N) is 4. The first-order chi connectivity index (χ1) is 14.7. The summed E-state index contributed by atoms with van der Waals surface area (Å²) in [6, 6.07) is 7.62. The van der Waals surface area contributed by atoms with E-state index in [2.05, 4.69) is 4.99 Å². The molecule has 1 aromatic rings. The highest BCUT2D eigenvalue weighted by molar-refractivity contribution is 5.94. The molecule has 0 saturated carbocycles. The summed E-state index contributed by atoms with van der Waals surface area (Å²) in [6.07, 6.45) is 3.09. The molecule has 2 N–H and O–H groups in total. The Morgan fingerprint density at radius 3 is 2.06 bits per heavy atom. The molecule has 3 rings (SSSR count). The van der Waals surface area contributed by atoms with Crippen molar-refractivity contribution >= 4 is 18.0 Å². The highest BCUT2D eigenvalue weighted by Gasteiger charge is 2.26. The number of benzene rings is 1. The van der Waals surface area contributed by atoms with Crippen molar-refractivity contribution in [3.8, 4) is 0 Å². The highest BCUT2D eigenvalue weighted by atomic mass is 16.6. The number of carbonyl (C=O) groups excluding carboxylic acids is 2. The van der Waals surface area contributed by atoms with Gasteiger partial charge in [0.05, 0.1) is 6.54 Å². The molecule has 1 aromatic carbocycles. The molecule has 0 spiro atoms. The van der Waals surface area contributed by atoms with Gasteiger partial charge in [-0.2, -0.15) is 0 Å². The van der Waals surface area contributed by atoms with E-state index in [1.54, 1.807) is 4.90 Å². The number of hydrogen-bond acceptors (Lipinski definition) is 4. The summed E-state index contributed by atoms with van der Waals surface area (Å²) in [6.45, 7) is 10.1. The number of aliphatic imine (C=N–C) groups is 1. The minimum absolute atomic E-state index is 0.108. The summed E-state index contributed by atoms with van der Waals surface area (Å²) in [7, 11) is 0. The number of ether oxygens (including phenoxy) is 1. The van der Waals surface area contributed by atoms with Crippen molar-refractivity contribution in [3.05, 3.63) is 35.4 Å². The van der Waals surface area contributed by atoms with E-state index in [-0.39, 0.29) is 12.0 Å². The van der Waals surface area contributed by atoms with Crippen molar-refractivity contribution in [2.24, 2.45) is 10.7 Å². The highest BCUT2D eigenvalue weighted by Crippen LogP contribution is 2.15. The molecule has 8 nitrogen and oxygen atoms in total. The molecule has 0 bridgehead atoms. The number of amides is 2. The number of guanidine groups is 1. The zero-order valence-corrected chi connectivity index (χ0v) is 19.0. The van der Waals surface area contributed by atoms with E-state index in [0.717, 1.165) is 37.1 Å². The number of hydrogen-bond donors (Lipinski definition) is 1. The molecule has 0 aliphatic carbocycles. The van der Waals surface area contributed by atoms with Gasteiger partial charge in [0, 0.05) is 44.8 Å². The van der Waals surface area contributed by atoms with Crippen molar-refractivity contribution < 1.29 is 14.3 Å². The van der Waals surface area contributed by atoms with Crippen LogP contribution in [0.1, 0.15) is 56.0 Å². The van der Waals surface area contributed by atoms with Gasteiger partial charge in [-0.1, -0.05) is 12.1 Å². The molecule has 0 aromatic heterocycles. The fourth-order valence-electron chi connectivity index (χ4n) is 3.75. The first kappa shape index (κ1) is 22.9. The Bertz CT molecular complexity index is 786. The number of piperazine rings is 1. The van der Waals surface area contributed by atoms with Gasteiger partial charge in [-0.15, -0.1) is 0 Å². The van der Waals surface area contributed by atoms with Crippen LogP contribution in [0.4, 0.5) is 4.79 Å². The first-order valence-electron chi connectivity index (χ1n) is 11.1. The largest absolute Gasteiger partial charge is 0.444 e. The molecule has 2 aliphatic rings. The third-order valence-electron chi connectivity index (χ3n) is 5.52. The molecular formula is C23H35N5O3. The maximum absolute atomic E-state index is 12.6. The molecular weight excluding hydrogens is 394 g/mol. The van der Waals surface area contributed by atoms with Crippen LogP contribution in [0.3, 0.4) is 0 Å². The lowest BCUT2D eigenvalue weighted by Crippen LogP contribution is -2.53. The number of nitrogens with two attached hydrogens (primary N) is 1. The zero-order chi connectivity index (χ0) is 22.4. The predicted molar refractivity (Wildman–Crippen MR) is 121 cm³/mol. The van der Waals surface area contributed by atoms with Gasteiger partial charge in [0.25, 0.3) is 5.91 Å². The number of likely N-dealkylation sites (tertiary alicyclic amines) is 1. The smallest absolute Gasteiger partial charge is 0.410 e. The Morgan fingerprint density at radius 1 is 0.903 bits per heavy atom. The third-order valence-corrected chi connectivity index (χ3v) is 5.52. The van der Waals surface area contributed by atoms with E-state index in [1.807, 2.05) is 54.8 Å². The van der Waals surface area contributed by atoms with Gasteiger partial charge >= 0.3 is 6.09 Å². The molecule has 0 unspecified atom stereocenters. The van der Waals surface area contributed by atoms with E-state index >= 15 is 0 Å². The second-order valence-electron chi connectivity index (χ2n) is 9.18. The average molecular weight is 430 g/mol. The van der Waals surface area contributed by atoms with Crippen molar-refractivity contribution in [2.45, 2.75) is 52.2 Å². The maximum atomic E-state index is 12.6. The molecule has 2 saturated heterocycles. The SMILES string of the molecule is CC(C)(C)OC(=O)N1CCN(C(N)=NCc2ccc(C(=O)N3CCCCC3)cc2)CC1. The Balaban J connectivity index is 1.48. The van der Waals surface area contributed by atoms with Crippen LogP contribution in [0.2, 0.25) is 0 Å². The monoisotopic (exact) mass is 429 g/mol. The molecule has 31 heavy (non-hydrogen) atoms. The van der Waals surface area contributed by atoms with E-state index in [0.29, 0.717) is 38.7 Å². The Morgan fingerprint density at radius 2 is 1.48 bits per heavy atom. The molecule has 2 fully saturated rings. The normalized spacial score (nSPS) is 18.2. The van der Waals surface area contributed by atoms with Crippen LogP contribution in [0, 0.1) is 0 Å². The van der Waals surface area contributed by atoms with Crippen LogP contribution in [0.25, 0.3) is 0 Å². The number of rotatable bonds is 3.